The molecule has 1 heterocycles. The van der Waals surface area contributed by atoms with Crippen LogP contribution < -0.4 is 21.1 Å². The zero-order chi connectivity index (χ0) is 16.2. The minimum atomic E-state index is -1.24. The van der Waals surface area contributed by atoms with Crippen LogP contribution in [0.2, 0.25) is 0 Å². The third kappa shape index (κ3) is 3.94. The van der Waals surface area contributed by atoms with Crippen LogP contribution in [0.15, 0.2) is 48.5 Å². The summed E-state index contributed by atoms with van der Waals surface area (Å²) >= 11 is -1.24. The van der Waals surface area contributed by atoms with Gasteiger partial charge in [-0.05, 0) is 48.5 Å². The van der Waals surface area contributed by atoms with Gasteiger partial charge in [-0.15, -0.1) is 0 Å². The van der Waals surface area contributed by atoms with Crippen LogP contribution in [0.1, 0.15) is 0 Å². The van der Waals surface area contributed by atoms with Gasteiger partial charge in [-0.3, -0.25) is 4.72 Å². The molecule has 0 aliphatic carbocycles. The van der Waals surface area contributed by atoms with Crippen molar-refractivity contribution in [2.75, 3.05) is 47.3 Å². The molecule has 0 bridgehead atoms. The fraction of sp³-hybridized carbons (Fsp3) is 0.250. The molecule has 0 saturated carbocycles. The van der Waals surface area contributed by atoms with Crippen molar-refractivity contribution in [3.05, 3.63) is 48.5 Å². The number of anilines is 4. The summed E-state index contributed by atoms with van der Waals surface area (Å²) in [4.78, 5) is 2.27. The lowest BCUT2D eigenvalue weighted by molar-refractivity contribution is 0.412. The molecule has 1 atom stereocenters. The topological polar surface area (TPSA) is 87.6 Å². The molecule has 3 rings (SSSR count). The first kappa shape index (κ1) is 15.6. The van der Waals surface area contributed by atoms with E-state index in [4.69, 9.17) is 11.5 Å². The van der Waals surface area contributed by atoms with E-state index in [0.717, 1.165) is 43.2 Å². The van der Waals surface area contributed by atoms with E-state index in [1.165, 1.54) is 0 Å². The zero-order valence-electron chi connectivity index (χ0n) is 12.8. The van der Waals surface area contributed by atoms with Crippen LogP contribution in [-0.4, -0.2) is 34.7 Å². The SMILES string of the molecule is Nc1ccc(NS(=O)N2CCN(c3ccc(N)cc3)CC2)cc1. The summed E-state index contributed by atoms with van der Waals surface area (Å²) in [5.41, 5.74) is 14.8. The Morgan fingerprint density at radius 3 is 1.91 bits per heavy atom. The quantitative estimate of drug-likeness (QED) is 0.744. The maximum Gasteiger partial charge on any atom is 0.196 e. The second-order valence-electron chi connectivity index (χ2n) is 5.48. The van der Waals surface area contributed by atoms with E-state index in [-0.39, 0.29) is 0 Å². The van der Waals surface area contributed by atoms with Crippen molar-refractivity contribution >= 4 is 33.9 Å². The Bertz CT molecular complexity index is 666. The van der Waals surface area contributed by atoms with Gasteiger partial charge in [0.05, 0.1) is 0 Å². The summed E-state index contributed by atoms with van der Waals surface area (Å²) in [6, 6.07) is 15.1. The molecule has 0 amide bonds. The number of hydrogen-bond donors (Lipinski definition) is 3. The standard InChI is InChI=1S/C16H21N5OS/c17-13-1-5-15(6-2-13)19-23(22)21-11-9-20(10-12-21)16-7-3-14(18)4-8-16/h1-8,19H,9-12,17-18H2. The number of hydrogen-bond acceptors (Lipinski definition) is 4. The van der Waals surface area contributed by atoms with Crippen molar-refractivity contribution in [3.8, 4) is 0 Å². The van der Waals surface area contributed by atoms with Crippen LogP contribution in [0.3, 0.4) is 0 Å². The molecular weight excluding hydrogens is 310 g/mol. The van der Waals surface area contributed by atoms with Gasteiger partial charge in [-0.1, -0.05) is 0 Å². The molecule has 6 nitrogen and oxygen atoms in total. The van der Waals surface area contributed by atoms with E-state index < -0.39 is 11.2 Å². The van der Waals surface area contributed by atoms with Crippen LogP contribution in [-0.2, 0) is 11.2 Å². The second-order valence-corrected chi connectivity index (χ2v) is 6.70. The predicted octanol–water partition coefficient (Wildman–Crippen LogP) is 1.66. The molecular formula is C16H21N5OS. The lowest BCUT2D eigenvalue weighted by Gasteiger charge is -2.35. The van der Waals surface area contributed by atoms with E-state index in [1.807, 2.05) is 40.7 Å². The van der Waals surface area contributed by atoms with Crippen LogP contribution in [0, 0.1) is 0 Å². The number of benzene rings is 2. The average Bonchev–Trinajstić information content (AvgIpc) is 2.58. The number of nitrogens with one attached hydrogen (secondary N) is 1. The molecule has 1 fully saturated rings. The van der Waals surface area contributed by atoms with Gasteiger partial charge in [-0.2, -0.15) is 0 Å². The first-order chi connectivity index (χ1) is 11.1. The van der Waals surface area contributed by atoms with Crippen LogP contribution >= 0.6 is 0 Å². The Balaban J connectivity index is 1.54. The molecule has 1 aliphatic heterocycles. The summed E-state index contributed by atoms with van der Waals surface area (Å²) in [7, 11) is 0. The monoisotopic (exact) mass is 331 g/mol. The fourth-order valence-electron chi connectivity index (χ4n) is 2.51. The second kappa shape index (κ2) is 6.89. The molecule has 1 aliphatic rings. The lowest BCUT2D eigenvalue weighted by atomic mass is 10.2. The van der Waals surface area contributed by atoms with Crippen molar-refractivity contribution in [1.29, 1.82) is 0 Å². The Morgan fingerprint density at radius 2 is 1.35 bits per heavy atom. The van der Waals surface area contributed by atoms with Crippen molar-refractivity contribution in [2.24, 2.45) is 0 Å². The first-order valence-corrected chi connectivity index (χ1v) is 8.62. The summed E-state index contributed by atoms with van der Waals surface area (Å²) in [6.07, 6.45) is 0. The minimum absolute atomic E-state index is 0.693. The highest BCUT2D eigenvalue weighted by Gasteiger charge is 2.21. The number of piperazine rings is 1. The van der Waals surface area contributed by atoms with Gasteiger partial charge < -0.3 is 16.4 Å². The van der Waals surface area contributed by atoms with E-state index in [9.17, 15) is 4.21 Å². The van der Waals surface area contributed by atoms with Crippen molar-refractivity contribution in [1.82, 2.24) is 4.31 Å². The molecule has 1 saturated heterocycles. The summed E-state index contributed by atoms with van der Waals surface area (Å²) in [5, 5.41) is 0. The van der Waals surface area contributed by atoms with E-state index >= 15 is 0 Å². The van der Waals surface area contributed by atoms with E-state index in [0.29, 0.717) is 5.69 Å². The molecule has 0 aromatic heterocycles. The summed E-state index contributed by atoms with van der Waals surface area (Å²) < 4.78 is 17.3. The number of nitrogens with zero attached hydrogens (tertiary/aromatic N) is 2. The summed E-state index contributed by atoms with van der Waals surface area (Å²) in [6.45, 7) is 3.13. The largest absolute Gasteiger partial charge is 0.399 e. The maximum absolute atomic E-state index is 12.4. The van der Waals surface area contributed by atoms with Gasteiger partial charge in [0.15, 0.2) is 11.2 Å². The average molecular weight is 331 g/mol. The number of rotatable bonds is 4. The fourth-order valence-corrected chi connectivity index (χ4v) is 3.48. The first-order valence-electron chi connectivity index (χ1n) is 7.51. The van der Waals surface area contributed by atoms with Gasteiger partial charge >= 0.3 is 0 Å². The van der Waals surface area contributed by atoms with Crippen molar-refractivity contribution < 1.29 is 4.21 Å². The molecule has 23 heavy (non-hydrogen) atoms. The molecule has 5 N–H and O–H groups in total. The molecule has 0 radical (unpaired) electrons. The lowest BCUT2D eigenvalue weighted by Crippen LogP contribution is -2.48. The van der Waals surface area contributed by atoms with Crippen molar-refractivity contribution in [3.63, 3.8) is 0 Å². The third-order valence-electron chi connectivity index (χ3n) is 3.85. The van der Waals surface area contributed by atoms with E-state index in [1.54, 1.807) is 12.1 Å². The minimum Gasteiger partial charge on any atom is -0.399 e. The Morgan fingerprint density at radius 1 is 0.826 bits per heavy atom. The molecule has 122 valence electrons. The van der Waals surface area contributed by atoms with Gasteiger partial charge in [0.2, 0.25) is 0 Å². The van der Waals surface area contributed by atoms with Gasteiger partial charge in [0.1, 0.15) is 0 Å². The Labute approximate surface area is 138 Å². The van der Waals surface area contributed by atoms with Crippen LogP contribution in [0.4, 0.5) is 22.7 Å². The van der Waals surface area contributed by atoms with Gasteiger partial charge in [-0.25, -0.2) is 8.51 Å². The molecule has 1 unspecified atom stereocenters. The normalized spacial score (nSPS) is 17.0. The maximum atomic E-state index is 12.4. The summed E-state index contributed by atoms with van der Waals surface area (Å²) in [5.74, 6) is 0. The van der Waals surface area contributed by atoms with Crippen LogP contribution in [0.5, 0.6) is 0 Å². The number of nitrogens with two attached hydrogens (primary N) is 2. The van der Waals surface area contributed by atoms with E-state index in [2.05, 4.69) is 9.62 Å². The molecule has 2 aromatic rings. The smallest absolute Gasteiger partial charge is 0.196 e. The number of nitrogen functional groups attached to an aromatic ring is 2. The molecule has 2 aromatic carbocycles. The highest BCUT2D eigenvalue weighted by atomic mass is 32.2. The van der Waals surface area contributed by atoms with Gasteiger partial charge in [0, 0.05) is 48.9 Å². The highest BCUT2D eigenvalue weighted by Crippen LogP contribution is 2.19. The highest BCUT2D eigenvalue weighted by molar-refractivity contribution is 7.84. The van der Waals surface area contributed by atoms with Crippen molar-refractivity contribution in [2.45, 2.75) is 0 Å². The predicted molar refractivity (Wildman–Crippen MR) is 97.3 cm³/mol. The Kier molecular flexibility index (Phi) is 4.68. The molecule has 0 spiro atoms. The molecule has 7 heteroatoms. The Hall–Kier alpha value is -2.25. The van der Waals surface area contributed by atoms with Gasteiger partial charge in [0.25, 0.3) is 0 Å². The van der Waals surface area contributed by atoms with Crippen LogP contribution in [0.25, 0.3) is 0 Å². The third-order valence-corrected chi connectivity index (χ3v) is 5.09. The zero-order valence-corrected chi connectivity index (χ0v) is 13.6.